The number of halogens is 2. The lowest BCUT2D eigenvalue weighted by molar-refractivity contribution is -0.144. The molecule has 3 nitrogen and oxygen atoms in total. The number of esters is 1. The first-order chi connectivity index (χ1) is 9.54. The van der Waals surface area contributed by atoms with Crippen LogP contribution in [0.3, 0.4) is 0 Å². The van der Waals surface area contributed by atoms with Gasteiger partial charge >= 0.3 is 5.97 Å². The van der Waals surface area contributed by atoms with Gasteiger partial charge in [0.1, 0.15) is 18.2 Å². The van der Waals surface area contributed by atoms with Gasteiger partial charge in [0.15, 0.2) is 0 Å². The Labute approximate surface area is 115 Å². The average molecular weight is 277 g/mol. The topological polar surface area (TPSA) is 52.3 Å². The minimum atomic E-state index is -0.731. The first kappa shape index (κ1) is 14.0. The molecule has 104 valence electrons. The molecule has 0 atom stereocenters. The van der Waals surface area contributed by atoms with E-state index in [-0.39, 0.29) is 18.6 Å². The number of ether oxygens (including phenoxy) is 1. The number of anilines is 1. The summed E-state index contributed by atoms with van der Waals surface area (Å²) >= 11 is 0. The van der Waals surface area contributed by atoms with Crippen molar-refractivity contribution in [1.29, 1.82) is 0 Å². The Morgan fingerprint density at radius 1 is 1.10 bits per heavy atom. The Kier molecular flexibility index (Phi) is 4.30. The van der Waals surface area contributed by atoms with Gasteiger partial charge in [-0.1, -0.05) is 12.1 Å². The summed E-state index contributed by atoms with van der Waals surface area (Å²) in [6.07, 6.45) is 0.0725. The third kappa shape index (κ3) is 3.78. The highest BCUT2D eigenvalue weighted by Gasteiger charge is 2.08. The van der Waals surface area contributed by atoms with E-state index >= 15 is 0 Å². The molecule has 5 heteroatoms. The first-order valence-corrected chi connectivity index (χ1v) is 5.98. The lowest BCUT2D eigenvalue weighted by Crippen LogP contribution is -2.09. The smallest absolute Gasteiger partial charge is 0.310 e. The van der Waals surface area contributed by atoms with E-state index in [2.05, 4.69) is 0 Å². The van der Waals surface area contributed by atoms with Gasteiger partial charge in [-0.15, -0.1) is 0 Å². The molecule has 0 unspecified atom stereocenters. The third-order valence-electron chi connectivity index (χ3n) is 2.73. The molecule has 2 aromatic carbocycles. The van der Waals surface area contributed by atoms with Gasteiger partial charge in [-0.05, 0) is 29.8 Å². The highest BCUT2D eigenvalue weighted by atomic mass is 19.1. The fraction of sp³-hybridized carbons (Fsp3) is 0.133. The Morgan fingerprint density at radius 3 is 2.45 bits per heavy atom. The summed E-state index contributed by atoms with van der Waals surface area (Å²) in [5.41, 5.74) is 7.03. The van der Waals surface area contributed by atoms with Crippen LogP contribution in [0, 0.1) is 11.6 Å². The highest BCUT2D eigenvalue weighted by molar-refractivity contribution is 5.72. The summed E-state index contributed by atoms with van der Waals surface area (Å²) < 4.78 is 31.0. The van der Waals surface area contributed by atoms with Gasteiger partial charge in [-0.3, -0.25) is 4.79 Å². The second kappa shape index (κ2) is 6.14. The van der Waals surface area contributed by atoms with Crippen molar-refractivity contribution in [2.45, 2.75) is 13.0 Å². The monoisotopic (exact) mass is 277 g/mol. The lowest BCUT2D eigenvalue weighted by Gasteiger charge is -2.06. The molecule has 20 heavy (non-hydrogen) atoms. The summed E-state index contributed by atoms with van der Waals surface area (Å²) in [6, 6.07) is 9.92. The third-order valence-corrected chi connectivity index (χ3v) is 2.73. The highest BCUT2D eigenvalue weighted by Crippen LogP contribution is 2.12. The standard InChI is InChI=1S/C15H13F2NO2/c16-12-4-3-11(14(17)8-12)9-20-15(19)7-10-1-5-13(18)6-2-10/h1-6,8H,7,9,18H2. The van der Waals surface area contributed by atoms with Crippen molar-refractivity contribution in [1.82, 2.24) is 0 Å². The van der Waals surface area contributed by atoms with Crippen molar-refractivity contribution in [3.8, 4) is 0 Å². The molecule has 0 fully saturated rings. The summed E-state index contributed by atoms with van der Waals surface area (Å²) in [4.78, 5) is 11.6. The van der Waals surface area contributed by atoms with Gasteiger partial charge in [0.25, 0.3) is 0 Å². The van der Waals surface area contributed by atoms with Crippen LogP contribution in [0.5, 0.6) is 0 Å². The van der Waals surface area contributed by atoms with Crippen molar-refractivity contribution in [3.05, 3.63) is 65.2 Å². The number of rotatable bonds is 4. The quantitative estimate of drug-likeness (QED) is 0.690. The molecule has 0 aliphatic carbocycles. The van der Waals surface area contributed by atoms with Crippen molar-refractivity contribution in [2.75, 3.05) is 5.73 Å². The number of hydrogen-bond acceptors (Lipinski definition) is 3. The van der Waals surface area contributed by atoms with Crippen LogP contribution in [0.4, 0.5) is 14.5 Å². The molecule has 0 saturated heterocycles. The Morgan fingerprint density at radius 2 is 1.80 bits per heavy atom. The maximum atomic E-state index is 13.3. The summed E-state index contributed by atoms with van der Waals surface area (Å²) in [5, 5.41) is 0. The number of nitrogen functional groups attached to an aromatic ring is 1. The molecule has 2 aromatic rings. The van der Waals surface area contributed by atoms with E-state index in [1.165, 1.54) is 6.07 Å². The SMILES string of the molecule is Nc1ccc(CC(=O)OCc2ccc(F)cc2F)cc1. The van der Waals surface area contributed by atoms with Crippen LogP contribution in [0.25, 0.3) is 0 Å². The van der Waals surface area contributed by atoms with Gasteiger partial charge in [0, 0.05) is 17.3 Å². The van der Waals surface area contributed by atoms with Crippen LogP contribution in [0.15, 0.2) is 42.5 Å². The molecule has 0 bridgehead atoms. The summed E-state index contributed by atoms with van der Waals surface area (Å²) in [7, 11) is 0. The minimum Gasteiger partial charge on any atom is -0.460 e. The zero-order valence-corrected chi connectivity index (χ0v) is 10.6. The van der Waals surface area contributed by atoms with Crippen molar-refractivity contribution in [2.24, 2.45) is 0 Å². The normalized spacial score (nSPS) is 10.3. The lowest BCUT2D eigenvalue weighted by atomic mass is 10.1. The molecule has 0 amide bonds. The van der Waals surface area contributed by atoms with Crippen molar-refractivity contribution < 1.29 is 18.3 Å². The second-order valence-corrected chi connectivity index (χ2v) is 4.31. The number of nitrogens with two attached hydrogens (primary N) is 1. The molecule has 0 aromatic heterocycles. The van der Waals surface area contributed by atoms with Gasteiger partial charge in [-0.2, -0.15) is 0 Å². The van der Waals surface area contributed by atoms with E-state index in [0.717, 1.165) is 17.7 Å². The Hall–Kier alpha value is -2.43. The molecule has 0 spiro atoms. The van der Waals surface area contributed by atoms with Crippen LogP contribution in [0.2, 0.25) is 0 Å². The fourth-order valence-electron chi connectivity index (χ4n) is 1.65. The predicted molar refractivity (Wildman–Crippen MR) is 70.7 cm³/mol. The van der Waals surface area contributed by atoms with Crippen LogP contribution in [-0.2, 0) is 22.6 Å². The van der Waals surface area contributed by atoms with Crippen LogP contribution in [0.1, 0.15) is 11.1 Å². The van der Waals surface area contributed by atoms with Crippen LogP contribution >= 0.6 is 0 Å². The molecule has 0 saturated carbocycles. The van der Waals surface area contributed by atoms with Gasteiger partial charge < -0.3 is 10.5 Å². The van der Waals surface area contributed by atoms with Gasteiger partial charge in [0.2, 0.25) is 0 Å². The Balaban J connectivity index is 1.90. The molecule has 0 heterocycles. The largest absolute Gasteiger partial charge is 0.460 e. The molecule has 0 aliphatic heterocycles. The van der Waals surface area contributed by atoms with E-state index in [0.29, 0.717) is 5.69 Å². The minimum absolute atomic E-state index is 0.0725. The number of carbonyl (C=O) groups is 1. The summed E-state index contributed by atoms with van der Waals surface area (Å²) in [6.45, 7) is -0.222. The molecular weight excluding hydrogens is 264 g/mol. The molecule has 2 rings (SSSR count). The number of benzene rings is 2. The second-order valence-electron chi connectivity index (χ2n) is 4.31. The van der Waals surface area contributed by atoms with E-state index in [1.807, 2.05) is 0 Å². The molecular formula is C15H13F2NO2. The van der Waals surface area contributed by atoms with E-state index < -0.39 is 17.6 Å². The van der Waals surface area contributed by atoms with Crippen LogP contribution < -0.4 is 5.73 Å². The maximum absolute atomic E-state index is 13.3. The fourth-order valence-corrected chi connectivity index (χ4v) is 1.65. The average Bonchev–Trinajstić information content (AvgIpc) is 2.40. The predicted octanol–water partition coefficient (Wildman–Crippen LogP) is 2.83. The molecule has 0 aliphatic rings. The zero-order chi connectivity index (χ0) is 14.5. The zero-order valence-electron chi connectivity index (χ0n) is 10.6. The van der Waals surface area contributed by atoms with Gasteiger partial charge in [-0.25, -0.2) is 8.78 Å². The number of carbonyl (C=O) groups excluding carboxylic acids is 1. The maximum Gasteiger partial charge on any atom is 0.310 e. The van der Waals surface area contributed by atoms with E-state index in [9.17, 15) is 13.6 Å². The van der Waals surface area contributed by atoms with Crippen LogP contribution in [-0.4, -0.2) is 5.97 Å². The van der Waals surface area contributed by atoms with Crippen molar-refractivity contribution in [3.63, 3.8) is 0 Å². The first-order valence-electron chi connectivity index (χ1n) is 5.98. The van der Waals surface area contributed by atoms with E-state index in [4.69, 9.17) is 10.5 Å². The summed E-state index contributed by atoms with van der Waals surface area (Å²) in [5.74, 6) is -1.89. The van der Waals surface area contributed by atoms with Crippen molar-refractivity contribution >= 4 is 11.7 Å². The van der Waals surface area contributed by atoms with Gasteiger partial charge in [0.05, 0.1) is 6.42 Å². The number of hydrogen-bond donors (Lipinski definition) is 1. The Bertz CT molecular complexity index is 612. The molecule has 2 N–H and O–H groups in total. The molecule has 0 radical (unpaired) electrons. The van der Waals surface area contributed by atoms with E-state index in [1.54, 1.807) is 24.3 Å².